The first kappa shape index (κ1) is 28.3. The van der Waals surface area contributed by atoms with Crippen LogP contribution in [0.5, 0.6) is 11.6 Å². The Morgan fingerprint density at radius 1 is 1.02 bits per heavy atom. The summed E-state index contributed by atoms with van der Waals surface area (Å²) >= 11 is 1.52. The second-order valence-electron chi connectivity index (χ2n) is 11.0. The number of nitrogens with zero attached hydrogens (tertiary/aromatic N) is 5. The summed E-state index contributed by atoms with van der Waals surface area (Å²) in [6.45, 7) is 11.5. The van der Waals surface area contributed by atoms with Crippen LogP contribution in [0, 0.1) is 0 Å². The number of aromatic nitrogens is 2. The summed E-state index contributed by atoms with van der Waals surface area (Å²) in [6, 6.07) is 18.4. The number of benzene rings is 2. The van der Waals surface area contributed by atoms with Crippen molar-refractivity contribution in [3.63, 3.8) is 0 Å². The molecule has 9 nitrogen and oxygen atoms in total. The molecule has 0 saturated carbocycles. The number of rotatable bonds is 9. The lowest BCUT2D eigenvalue weighted by atomic mass is 10.0. The lowest BCUT2D eigenvalue weighted by Crippen LogP contribution is -2.52. The predicted octanol–water partition coefficient (Wildman–Crippen LogP) is 5.56. The van der Waals surface area contributed by atoms with E-state index in [1.165, 1.54) is 48.9 Å². The van der Waals surface area contributed by atoms with Crippen molar-refractivity contribution < 1.29 is 9.53 Å². The van der Waals surface area contributed by atoms with Crippen LogP contribution in [0.4, 0.5) is 17.3 Å². The van der Waals surface area contributed by atoms with Crippen molar-refractivity contribution in [3.8, 4) is 11.6 Å². The van der Waals surface area contributed by atoms with E-state index in [-0.39, 0.29) is 5.91 Å². The number of amides is 1. The molecule has 42 heavy (non-hydrogen) atoms. The number of hydrogen-bond donors (Lipinski definition) is 2. The third-order valence-electron chi connectivity index (χ3n) is 8.00. The van der Waals surface area contributed by atoms with E-state index in [9.17, 15) is 4.79 Å². The summed E-state index contributed by atoms with van der Waals surface area (Å²) in [5.41, 5.74) is 3.64. The van der Waals surface area contributed by atoms with Crippen molar-refractivity contribution in [1.82, 2.24) is 24.7 Å². The Hall–Kier alpha value is -3.83. The molecule has 0 spiro atoms. The van der Waals surface area contributed by atoms with E-state index in [1.807, 2.05) is 23.6 Å². The van der Waals surface area contributed by atoms with Crippen LogP contribution >= 0.6 is 11.3 Å². The van der Waals surface area contributed by atoms with Gasteiger partial charge in [-0.3, -0.25) is 14.6 Å². The minimum atomic E-state index is -0.280. The molecule has 4 aromatic rings. The second-order valence-corrected chi connectivity index (χ2v) is 11.9. The zero-order valence-electron chi connectivity index (χ0n) is 24.0. The van der Waals surface area contributed by atoms with Crippen molar-refractivity contribution in [2.24, 2.45) is 0 Å². The molecule has 2 N–H and O–H groups in total. The number of anilines is 3. The van der Waals surface area contributed by atoms with Gasteiger partial charge >= 0.3 is 0 Å². The highest BCUT2D eigenvalue weighted by Gasteiger charge is 2.26. The average molecular weight is 584 g/mol. The molecule has 2 fully saturated rings. The van der Waals surface area contributed by atoms with Crippen LogP contribution in [0.15, 0.2) is 72.6 Å². The fraction of sp³-hybridized carbons (Fsp3) is 0.344. The fourth-order valence-electron chi connectivity index (χ4n) is 5.63. The molecule has 2 aromatic carbocycles. The van der Waals surface area contributed by atoms with Gasteiger partial charge in [-0.15, -0.1) is 11.3 Å². The van der Waals surface area contributed by atoms with Crippen LogP contribution in [0.3, 0.4) is 0 Å². The van der Waals surface area contributed by atoms with E-state index < -0.39 is 0 Å². The van der Waals surface area contributed by atoms with Gasteiger partial charge in [0.1, 0.15) is 10.4 Å². The highest BCUT2D eigenvalue weighted by molar-refractivity contribution is 7.17. The summed E-state index contributed by atoms with van der Waals surface area (Å²) in [5, 5.41) is 8.07. The molecule has 0 radical (unpaired) electrons. The first-order valence-electron chi connectivity index (χ1n) is 14.5. The SMILES string of the molecule is C=CC(=O)Nc1cccc(Oc2nc(Nc3ccc(CN4CCN(C5CCN(C)CC5)CC4)cc3)nc3ccsc23)c1. The first-order chi connectivity index (χ1) is 20.5. The highest BCUT2D eigenvalue weighted by Crippen LogP contribution is 2.34. The summed E-state index contributed by atoms with van der Waals surface area (Å²) in [6.07, 6.45) is 3.82. The van der Waals surface area contributed by atoms with Gasteiger partial charge in [-0.05, 0) is 80.3 Å². The monoisotopic (exact) mass is 583 g/mol. The van der Waals surface area contributed by atoms with Gasteiger partial charge < -0.3 is 20.3 Å². The zero-order valence-corrected chi connectivity index (χ0v) is 24.8. The van der Waals surface area contributed by atoms with Gasteiger partial charge in [0.25, 0.3) is 0 Å². The molecule has 2 saturated heterocycles. The Morgan fingerprint density at radius 3 is 2.57 bits per heavy atom. The fourth-order valence-corrected chi connectivity index (χ4v) is 6.39. The number of hydrogen-bond acceptors (Lipinski definition) is 9. The van der Waals surface area contributed by atoms with Crippen LogP contribution in [0.2, 0.25) is 0 Å². The lowest BCUT2D eigenvalue weighted by Gasteiger charge is -2.42. The van der Waals surface area contributed by atoms with Crippen molar-refractivity contribution in [2.75, 3.05) is 56.9 Å². The number of fused-ring (bicyclic) bond motifs is 1. The maximum atomic E-state index is 11.7. The summed E-state index contributed by atoms with van der Waals surface area (Å²) in [5.74, 6) is 1.20. The lowest BCUT2D eigenvalue weighted by molar-refractivity contribution is -0.111. The average Bonchev–Trinajstić information content (AvgIpc) is 3.48. The van der Waals surface area contributed by atoms with Crippen LogP contribution in [0.1, 0.15) is 18.4 Å². The number of ether oxygens (including phenoxy) is 1. The van der Waals surface area contributed by atoms with Crippen molar-refractivity contribution in [2.45, 2.75) is 25.4 Å². The summed E-state index contributed by atoms with van der Waals surface area (Å²) in [7, 11) is 2.23. The molecule has 0 unspecified atom stereocenters. The maximum absolute atomic E-state index is 11.7. The quantitative estimate of drug-likeness (QED) is 0.248. The molecule has 1 amide bonds. The Labute approximate surface area is 250 Å². The number of thiophene rings is 1. The second kappa shape index (κ2) is 13.0. The number of piperidine rings is 1. The molecule has 6 rings (SSSR count). The van der Waals surface area contributed by atoms with E-state index in [0.29, 0.717) is 23.3 Å². The van der Waals surface area contributed by atoms with Crippen LogP contribution in [0.25, 0.3) is 10.2 Å². The van der Waals surface area contributed by atoms with Crippen LogP contribution in [-0.4, -0.2) is 82.9 Å². The minimum Gasteiger partial charge on any atom is -0.437 e. The normalized spacial score (nSPS) is 17.3. The summed E-state index contributed by atoms with van der Waals surface area (Å²) < 4.78 is 7.02. The standard InChI is InChI=1S/C32H37N7O2S/c1-3-29(40)33-25-5-4-6-27(21-25)41-31-30-28(13-20-42-30)35-32(36-31)34-24-9-7-23(8-10-24)22-38-16-18-39(19-17-38)26-11-14-37(2)15-12-26/h3-10,13,20-21,26H,1,11-12,14-19,22H2,2H3,(H,33,40)(H,34,35,36). The molecule has 4 heterocycles. The molecule has 2 aliphatic rings. The van der Waals surface area contributed by atoms with Crippen molar-refractivity contribution >= 4 is 44.8 Å². The van der Waals surface area contributed by atoms with Gasteiger partial charge in [0.2, 0.25) is 17.7 Å². The summed E-state index contributed by atoms with van der Waals surface area (Å²) in [4.78, 5) is 28.8. The molecule has 2 aliphatic heterocycles. The van der Waals surface area contributed by atoms with E-state index in [1.54, 1.807) is 12.1 Å². The number of carbonyl (C=O) groups excluding carboxylic acids is 1. The van der Waals surface area contributed by atoms with Crippen LogP contribution < -0.4 is 15.4 Å². The molecular formula is C32H37N7O2S. The molecule has 10 heteroatoms. The topological polar surface area (TPSA) is 85.9 Å². The first-order valence-corrected chi connectivity index (χ1v) is 15.4. The predicted molar refractivity (Wildman–Crippen MR) is 170 cm³/mol. The Kier molecular flexibility index (Phi) is 8.76. The van der Waals surface area contributed by atoms with E-state index >= 15 is 0 Å². The zero-order chi connectivity index (χ0) is 28.9. The number of carbonyl (C=O) groups is 1. The van der Waals surface area contributed by atoms with Gasteiger partial charge in [-0.2, -0.15) is 4.98 Å². The van der Waals surface area contributed by atoms with Crippen molar-refractivity contribution in [3.05, 3.63) is 78.2 Å². The third-order valence-corrected chi connectivity index (χ3v) is 8.89. The molecule has 2 aromatic heterocycles. The Morgan fingerprint density at radius 2 is 1.81 bits per heavy atom. The van der Waals surface area contributed by atoms with E-state index in [2.05, 4.69) is 68.2 Å². The van der Waals surface area contributed by atoms with Crippen LogP contribution in [-0.2, 0) is 11.3 Å². The Bertz CT molecular complexity index is 1520. The molecular weight excluding hydrogens is 546 g/mol. The molecule has 218 valence electrons. The third kappa shape index (κ3) is 6.96. The van der Waals surface area contributed by atoms with Gasteiger partial charge in [-0.1, -0.05) is 24.8 Å². The van der Waals surface area contributed by atoms with E-state index in [4.69, 9.17) is 9.72 Å². The van der Waals surface area contributed by atoms with Gasteiger partial charge in [0.15, 0.2) is 0 Å². The molecule has 0 atom stereocenters. The molecule has 0 bridgehead atoms. The van der Waals surface area contributed by atoms with Gasteiger partial charge in [0, 0.05) is 56.2 Å². The minimum absolute atomic E-state index is 0.280. The smallest absolute Gasteiger partial charge is 0.247 e. The van der Waals surface area contributed by atoms with Gasteiger partial charge in [-0.25, -0.2) is 4.98 Å². The highest BCUT2D eigenvalue weighted by atomic mass is 32.1. The van der Waals surface area contributed by atoms with Crippen molar-refractivity contribution in [1.29, 1.82) is 0 Å². The Balaban J connectivity index is 1.07. The van der Waals surface area contributed by atoms with E-state index in [0.717, 1.165) is 54.7 Å². The number of likely N-dealkylation sites (tertiary alicyclic amines) is 1. The largest absolute Gasteiger partial charge is 0.437 e. The van der Waals surface area contributed by atoms with Gasteiger partial charge in [0.05, 0.1) is 5.52 Å². The number of piperazine rings is 1. The number of nitrogens with one attached hydrogen (secondary N) is 2. The molecule has 0 aliphatic carbocycles. The maximum Gasteiger partial charge on any atom is 0.247 e.